The lowest BCUT2D eigenvalue weighted by Crippen LogP contribution is -2.29. The smallest absolute Gasteiger partial charge is 0.268 e. The lowest BCUT2D eigenvalue weighted by Gasteiger charge is -2.18. The second-order valence-electron chi connectivity index (χ2n) is 8.01. The second-order valence-corrected chi connectivity index (χ2v) is 8.01. The molecule has 1 atom stereocenters. The highest BCUT2D eigenvalue weighted by Crippen LogP contribution is 2.31. The van der Waals surface area contributed by atoms with E-state index in [2.05, 4.69) is 21.4 Å². The fraction of sp³-hybridized carbons (Fsp3) is 0.231. The number of Topliss-reactive ketones (excluding diaryl/α,β-unsaturated/α-hetero) is 1. The molecule has 0 aliphatic heterocycles. The van der Waals surface area contributed by atoms with E-state index in [1.807, 2.05) is 55.6 Å². The third kappa shape index (κ3) is 3.91. The Labute approximate surface area is 187 Å². The van der Waals surface area contributed by atoms with E-state index in [-0.39, 0.29) is 17.6 Å². The molecule has 4 rings (SSSR count). The zero-order valence-electron chi connectivity index (χ0n) is 18.7. The van der Waals surface area contributed by atoms with Gasteiger partial charge < -0.3 is 20.0 Å². The Morgan fingerprint density at radius 2 is 1.78 bits per heavy atom. The van der Waals surface area contributed by atoms with Crippen molar-refractivity contribution in [3.63, 3.8) is 0 Å². The number of para-hydroxylation sites is 1. The third-order valence-electron chi connectivity index (χ3n) is 6.00. The number of amides is 1. The SMILES string of the molecule is COc1ccc([C@@H](CNC(=O)c2[nH]c(C)c(C(C)=O)c2C)c2c[nH]c3ccccc23)cc1. The molecule has 0 spiro atoms. The average molecular weight is 430 g/mol. The van der Waals surface area contributed by atoms with Gasteiger partial charge in [0.1, 0.15) is 11.4 Å². The molecule has 0 saturated heterocycles. The molecule has 2 aromatic carbocycles. The molecule has 6 nitrogen and oxygen atoms in total. The number of rotatable bonds is 7. The molecule has 0 fully saturated rings. The van der Waals surface area contributed by atoms with E-state index in [0.717, 1.165) is 27.8 Å². The van der Waals surface area contributed by atoms with Crippen LogP contribution in [0.4, 0.5) is 0 Å². The highest BCUT2D eigenvalue weighted by molar-refractivity contribution is 6.02. The molecule has 0 aliphatic carbocycles. The molecule has 2 aromatic heterocycles. The summed E-state index contributed by atoms with van der Waals surface area (Å²) in [5, 5.41) is 4.19. The number of methoxy groups -OCH3 is 1. The Morgan fingerprint density at radius 3 is 2.44 bits per heavy atom. The second kappa shape index (κ2) is 8.75. The number of aromatic amines is 2. The Morgan fingerprint density at radius 1 is 1.06 bits per heavy atom. The lowest BCUT2D eigenvalue weighted by atomic mass is 9.90. The van der Waals surface area contributed by atoms with Crippen molar-refractivity contribution in [1.29, 1.82) is 0 Å². The van der Waals surface area contributed by atoms with E-state index in [1.165, 1.54) is 6.92 Å². The van der Waals surface area contributed by atoms with Crippen LogP contribution < -0.4 is 10.1 Å². The first-order valence-electron chi connectivity index (χ1n) is 10.6. The summed E-state index contributed by atoms with van der Waals surface area (Å²) >= 11 is 0. The molecule has 0 bridgehead atoms. The van der Waals surface area contributed by atoms with Crippen molar-refractivity contribution in [2.24, 2.45) is 0 Å². The van der Waals surface area contributed by atoms with Crippen molar-refractivity contribution in [3.8, 4) is 5.75 Å². The molecule has 0 radical (unpaired) electrons. The van der Waals surface area contributed by atoms with Gasteiger partial charge in [-0.1, -0.05) is 30.3 Å². The van der Waals surface area contributed by atoms with Gasteiger partial charge in [0.15, 0.2) is 5.78 Å². The van der Waals surface area contributed by atoms with Crippen LogP contribution in [-0.2, 0) is 0 Å². The number of fused-ring (bicyclic) bond motifs is 1. The highest BCUT2D eigenvalue weighted by atomic mass is 16.5. The number of aromatic nitrogens is 2. The van der Waals surface area contributed by atoms with Crippen LogP contribution in [0, 0.1) is 13.8 Å². The van der Waals surface area contributed by atoms with Gasteiger partial charge in [0, 0.05) is 40.8 Å². The van der Waals surface area contributed by atoms with E-state index < -0.39 is 0 Å². The number of carbonyl (C=O) groups excluding carboxylic acids is 2. The van der Waals surface area contributed by atoms with Gasteiger partial charge >= 0.3 is 0 Å². The van der Waals surface area contributed by atoms with Gasteiger partial charge in [0.2, 0.25) is 0 Å². The van der Waals surface area contributed by atoms with Crippen LogP contribution in [0.2, 0.25) is 0 Å². The van der Waals surface area contributed by atoms with Gasteiger partial charge in [0.25, 0.3) is 5.91 Å². The molecule has 32 heavy (non-hydrogen) atoms. The normalized spacial score (nSPS) is 12.0. The number of carbonyl (C=O) groups is 2. The largest absolute Gasteiger partial charge is 0.497 e. The molecular formula is C26H27N3O3. The van der Waals surface area contributed by atoms with E-state index in [0.29, 0.717) is 29.1 Å². The minimum absolute atomic E-state index is 0.0507. The van der Waals surface area contributed by atoms with Crippen LogP contribution >= 0.6 is 0 Å². The van der Waals surface area contributed by atoms with Crippen molar-refractivity contribution in [3.05, 3.63) is 88.4 Å². The average Bonchev–Trinajstić information content (AvgIpc) is 3.34. The summed E-state index contributed by atoms with van der Waals surface area (Å²) < 4.78 is 5.30. The fourth-order valence-electron chi connectivity index (χ4n) is 4.41. The number of ketones is 1. The zero-order chi connectivity index (χ0) is 22.8. The predicted octanol–water partition coefficient (Wildman–Crippen LogP) is 4.89. The van der Waals surface area contributed by atoms with Crippen molar-refractivity contribution < 1.29 is 14.3 Å². The first-order valence-corrected chi connectivity index (χ1v) is 10.6. The van der Waals surface area contributed by atoms with E-state index in [9.17, 15) is 9.59 Å². The van der Waals surface area contributed by atoms with Gasteiger partial charge in [0.05, 0.1) is 7.11 Å². The maximum Gasteiger partial charge on any atom is 0.268 e. The molecule has 4 aromatic rings. The topological polar surface area (TPSA) is 87.0 Å². The summed E-state index contributed by atoms with van der Waals surface area (Å²) in [7, 11) is 1.64. The van der Waals surface area contributed by atoms with Crippen LogP contribution in [0.5, 0.6) is 5.75 Å². The van der Waals surface area contributed by atoms with Gasteiger partial charge in [-0.25, -0.2) is 0 Å². The minimum atomic E-state index is -0.226. The molecule has 0 saturated carbocycles. The number of nitrogens with one attached hydrogen (secondary N) is 3. The minimum Gasteiger partial charge on any atom is -0.497 e. The molecule has 164 valence electrons. The fourth-order valence-corrected chi connectivity index (χ4v) is 4.41. The summed E-state index contributed by atoms with van der Waals surface area (Å²) in [6.45, 7) is 5.53. The quantitative estimate of drug-likeness (QED) is 0.366. The van der Waals surface area contributed by atoms with Crippen LogP contribution in [0.15, 0.2) is 54.7 Å². The van der Waals surface area contributed by atoms with E-state index >= 15 is 0 Å². The lowest BCUT2D eigenvalue weighted by molar-refractivity contribution is 0.0947. The monoisotopic (exact) mass is 429 g/mol. The number of hydrogen-bond donors (Lipinski definition) is 3. The standard InChI is InChI=1S/C26H27N3O3/c1-15-24(17(3)30)16(2)29-25(15)26(31)28-13-21(18-9-11-19(32-4)12-10-18)22-14-27-23-8-6-5-7-20(22)23/h5-12,14,21,27,29H,13H2,1-4H3,(H,28,31)/t21-/m1/s1. The van der Waals surface area contributed by atoms with Crippen molar-refractivity contribution in [2.75, 3.05) is 13.7 Å². The Hall–Kier alpha value is -3.80. The molecule has 0 unspecified atom stereocenters. The first-order chi connectivity index (χ1) is 15.4. The zero-order valence-corrected chi connectivity index (χ0v) is 18.7. The van der Waals surface area contributed by atoms with Crippen LogP contribution in [-0.4, -0.2) is 35.3 Å². The number of aryl methyl sites for hydroxylation is 1. The van der Waals surface area contributed by atoms with Gasteiger partial charge in [-0.05, 0) is 55.7 Å². The molecule has 1 amide bonds. The van der Waals surface area contributed by atoms with Crippen molar-refractivity contribution in [1.82, 2.24) is 15.3 Å². The summed E-state index contributed by atoms with van der Waals surface area (Å²) in [6.07, 6.45) is 2.00. The Bertz CT molecular complexity index is 1280. The van der Waals surface area contributed by atoms with E-state index in [1.54, 1.807) is 14.0 Å². The van der Waals surface area contributed by atoms with Gasteiger partial charge in [-0.15, -0.1) is 0 Å². The molecular weight excluding hydrogens is 402 g/mol. The first kappa shape index (κ1) is 21.4. The predicted molar refractivity (Wildman–Crippen MR) is 126 cm³/mol. The summed E-state index contributed by atoms with van der Waals surface area (Å²) in [5.74, 6) is 0.441. The third-order valence-corrected chi connectivity index (χ3v) is 6.00. The van der Waals surface area contributed by atoms with Crippen LogP contribution in [0.3, 0.4) is 0 Å². The number of ether oxygens (including phenoxy) is 1. The molecule has 3 N–H and O–H groups in total. The maximum atomic E-state index is 13.0. The molecule has 2 heterocycles. The van der Waals surface area contributed by atoms with Crippen molar-refractivity contribution in [2.45, 2.75) is 26.7 Å². The Kier molecular flexibility index (Phi) is 5.86. The number of H-pyrrole nitrogens is 2. The highest BCUT2D eigenvalue weighted by Gasteiger charge is 2.23. The van der Waals surface area contributed by atoms with Crippen molar-refractivity contribution >= 4 is 22.6 Å². The van der Waals surface area contributed by atoms with Crippen LogP contribution in [0.1, 0.15) is 56.1 Å². The summed E-state index contributed by atoms with van der Waals surface area (Å²) in [6, 6.07) is 16.0. The Balaban J connectivity index is 1.66. The maximum absolute atomic E-state index is 13.0. The van der Waals surface area contributed by atoms with Gasteiger partial charge in [-0.3, -0.25) is 9.59 Å². The molecule has 0 aliphatic rings. The summed E-state index contributed by atoms with van der Waals surface area (Å²) in [5.41, 5.74) is 5.63. The summed E-state index contributed by atoms with van der Waals surface area (Å²) in [4.78, 5) is 31.4. The number of hydrogen-bond acceptors (Lipinski definition) is 3. The number of benzene rings is 2. The molecule has 6 heteroatoms. The van der Waals surface area contributed by atoms with E-state index in [4.69, 9.17) is 4.74 Å². The van der Waals surface area contributed by atoms with Crippen LogP contribution in [0.25, 0.3) is 10.9 Å². The van der Waals surface area contributed by atoms with Gasteiger partial charge in [-0.2, -0.15) is 0 Å².